The molecule has 0 bridgehead atoms. The highest BCUT2D eigenvalue weighted by Gasteiger charge is 2.10. The smallest absolute Gasteiger partial charge is 0.266 e. The number of anilines is 1. The van der Waals surface area contributed by atoms with E-state index < -0.39 is 5.91 Å². The van der Waals surface area contributed by atoms with Gasteiger partial charge in [-0.05, 0) is 48.0 Å². The molecule has 0 aliphatic rings. The highest BCUT2D eigenvalue weighted by molar-refractivity contribution is 9.10. The number of nitriles is 1. The maximum Gasteiger partial charge on any atom is 0.266 e. The van der Waals surface area contributed by atoms with E-state index in [4.69, 9.17) is 4.74 Å². The summed E-state index contributed by atoms with van der Waals surface area (Å²) in [6, 6.07) is 13.5. The molecule has 0 fully saturated rings. The quantitative estimate of drug-likeness (QED) is 0.632. The zero-order valence-corrected chi connectivity index (χ0v) is 13.8. The molecule has 0 radical (unpaired) electrons. The Labute approximate surface area is 142 Å². The summed E-state index contributed by atoms with van der Waals surface area (Å²) in [6.45, 7) is 0. The highest BCUT2D eigenvalue weighted by Crippen LogP contribution is 2.27. The molecule has 0 atom stereocenters. The van der Waals surface area contributed by atoms with E-state index in [0.717, 1.165) is 4.47 Å². The van der Waals surface area contributed by atoms with Crippen LogP contribution in [0.2, 0.25) is 0 Å². The van der Waals surface area contributed by atoms with Gasteiger partial charge in [-0.3, -0.25) is 4.79 Å². The molecular weight excluding hydrogens is 360 g/mol. The summed E-state index contributed by atoms with van der Waals surface area (Å²) in [7, 11) is 1.44. The second-order valence-electron chi connectivity index (χ2n) is 4.56. The lowest BCUT2D eigenvalue weighted by Gasteiger charge is -2.06. The van der Waals surface area contributed by atoms with Crippen LogP contribution in [0, 0.1) is 11.3 Å². The van der Waals surface area contributed by atoms with Crippen LogP contribution in [0.25, 0.3) is 6.08 Å². The Kier molecular flexibility index (Phi) is 5.39. The third-order valence-corrected chi connectivity index (χ3v) is 3.51. The van der Waals surface area contributed by atoms with Crippen LogP contribution in [0.15, 0.2) is 52.5 Å². The Bertz CT molecular complexity index is 792. The molecule has 23 heavy (non-hydrogen) atoms. The van der Waals surface area contributed by atoms with Crippen molar-refractivity contribution in [2.45, 2.75) is 0 Å². The fourth-order valence-electron chi connectivity index (χ4n) is 1.84. The van der Waals surface area contributed by atoms with E-state index in [1.807, 2.05) is 6.07 Å². The van der Waals surface area contributed by atoms with E-state index in [1.165, 1.54) is 19.3 Å². The molecule has 116 valence electrons. The van der Waals surface area contributed by atoms with Crippen LogP contribution in [0.3, 0.4) is 0 Å². The predicted octanol–water partition coefficient (Wildman–Crippen LogP) is 3.71. The maximum absolute atomic E-state index is 12.1. The van der Waals surface area contributed by atoms with Crippen LogP contribution in [0.5, 0.6) is 11.5 Å². The number of methoxy groups -OCH3 is 1. The zero-order valence-electron chi connectivity index (χ0n) is 12.2. The van der Waals surface area contributed by atoms with Gasteiger partial charge in [0.05, 0.1) is 7.11 Å². The number of hydrogen-bond donors (Lipinski definition) is 2. The van der Waals surface area contributed by atoms with Crippen molar-refractivity contribution in [1.82, 2.24) is 0 Å². The molecule has 0 saturated carbocycles. The second kappa shape index (κ2) is 7.47. The van der Waals surface area contributed by atoms with E-state index in [-0.39, 0.29) is 11.3 Å². The summed E-state index contributed by atoms with van der Waals surface area (Å²) in [5.41, 5.74) is 1.03. The highest BCUT2D eigenvalue weighted by atomic mass is 79.9. The third-order valence-electron chi connectivity index (χ3n) is 2.98. The Hall–Kier alpha value is -2.78. The molecule has 0 aliphatic carbocycles. The first-order valence-corrected chi connectivity index (χ1v) is 7.38. The minimum atomic E-state index is -0.523. The van der Waals surface area contributed by atoms with Crippen LogP contribution < -0.4 is 10.1 Å². The van der Waals surface area contributed by atoms with Crippen molar-refractivity contribution < 1.29 is 14.6 Å². The lowest BCUT2D eigenvalue weighted by atomic mass is 10.1. The summed E-state index contributed by atoms with van der Waals surface area (Å²) in [6.07, 6.45) is 1.40. The van der Waals surface area contributed by atoms with Gasteiger partial charge >= 0.3 is 0 Å². The van der Waals surface area contributed by atoms with Gasteiger partial charge in [0.15, 0.2) is 11.5 Å². The van der Waals surface area contributed by atoms with Gasteiger partial charge in [0, 0.05) is 10.2 Å². The molecule has 1 amide bonds. The Morgan fingerprint density at radius 1 is 1.30 bits per heavy atom. The molecule has 0 unspecified atom stereocenters. The van der Waals surface area contributed by atoms with Crippen molar-refractivity contribution in [1.29, 1.82) is 5.26 Å². The van der Waals surface area contributed by atoms with Gasteiger partial charge in [-0.2, -0.15) is 5.26 Å². The SMILES string of the molecule is COc1ccc(/C=C(/C#N)C(=O)Nc2ccc(Br)cc2)cc1O. The Morgan fingerprint density at radius 3 is 2.57 bits per heavy atom. The summed E-state index contributed by atoms with van der Waals surface area (Å²) in [4.78, 5) is 12.1. The number of ether oxygens (including phenoxy) is 1. The van der Waals surface area contributed by atoms with Crippen molar-refractivity contribution in [2.24, 2.45) is 0 Å². The number of rotatable bonds is 4. The van der Waals surface area contributed by atoms with Gasteiger partial charge in [0.25, 0.3) is 5.91 Å². The van der Waals surface area contributed by atoms with Gasteiger partial charge < -0.3 is 15.2 Å². The van der Waals surface area contributed by atoms with Gasteiger partial charge in [0.1, 0.15) is 11.6 Å². The number of nitrogens with one attached hydrogen (secondary N) is 1. The van der Waals surface area contributed by atoms with Crippen LogP contribution in [0.4, 0.5) is 5.69 Å². The van der Waals surface area contributed by atoms with Crippen LogP contribution in [0.1, 0.15) is 5.56 Å². The molecule has 2 aromatic rings. The van der Waals surface area contributed by atoms with Crippen molar-refractivity contribution >= 4 is 33.6 Å². The normalized spacial score (nSPS) is 10.7. The Balaban J connectivity index is 2.21. The van der Waals surface area contributed by atoms with E-state index >= 15 is 0 Å². The minimum Gasteiger partial charge on any atom is -0.504 e. The number of hydrogen-bond acceptors (Lipinski definition) is 4. The van der Waals surface area contributed by atoms with Crippen molar-refractivity contribution in [3.8, 4) is 17.6 Å². The number of halogens is 1. The average molecular weight is 373 g/mol. The number of carbonyl (C=O) groups excluding carboxylic acids is 1. The lowest BCUT2D eigenvalue weighted by Crippen LogP contribution is -2.13. The number of amides is 1. The number of phenols is 1. The Morgan fingerprint density at radius 2 is 2.00 bits per heavy atom. The largest absolute Gasteiger partial charge is 0.504 e. The average Bonchev–Trinajstić information content (AvgIpc) is 2.54. The lowest BCUT2D eigenvalue weighted by molar-refractivity contribution is -0.112. The molecule has 0 spiro atoms. The molecule has 2 N–H and O–H groups in total. The van der Waals surface area contributed by atoms with Crippen molar-refractivity contribution in [2.75, 3.05) is 12.4 Å². The number of aromatic hydroxyl groups is 1. The van der Waals surface area contributed by atoms with Crippen LogP contribution >= 0.6 is 15.9 Å². The molecule has 0 aromatic heterocycles. The minimum absolute atomic E-state index is 0.0631. The van der Waals surface area contributed by atoms with Crippen LogP contribution in [-0.4, -0.2) is 18.1 Å². The summed E-state index contributed by atoms with van der Waals surface area (Å²) in [5, 5.41) is 21.6. The number of nitrogens with zero attached hydrogens (tertiary/aromatic N) is 1. The maximum atomic E-state index is 12.1. The van der Waals surface area contributed by atoms with Gasteiger partial charge in [0.2, 0.25) is 0 Å². The van der Waals surface area contributed by atoms with Gasteiger partial charge in [-0.1, -0.05) is 22.0 Å². The van der Waals surface area contributed by atoms with E-state index in [9.17, 15) is 15.2 Å². The first-order chi connectivity index (χ1) is 11.0. The molecule has 0 aliphatic heterocycles. The zero-order chi connectivity index (χ0) is 16.8. The third kappa shape index (κ3) is 4.34. The van der Waals surface area contributed by atoms with Gasteiger partial charge in [-0.15, -0.1) is 0 Å². The van der Waals surface area contributed by atoms with E-state index in [2.05, 4.69) is 21.2 Å². The second-order valence-corrected chi connectivity index (χ2v) is 5.48. The summed E-state index contributed by atoms with van der Waals surface area (Å²) >= 11 is 3.31. The van der Waals surface area contributed by atoms with Crippen molar-refractivity contribution in [3.63, 3.8) is 0 Å². The van der Waals surface area contributed by atoms with Crippen molar-refractivity contribution in [3.05, 3.63) is 58.1 Å². The number of benzene rings is 2. The van der Waals surface area contributed by atoms with E-state index in [0.29, 0.717) is 17.0 Å². The summed E-state index contributed by atoms with van der Waals surface area (Å²) < 4.78 is 5.84. The molecule has 2 rings (SSSR count). The number of carbonyl (C=O) groups is 1. The van der Waals surface area contributed by atoms with Crippen LogP contribution in [-0.2, 0) is 4.79 Å². The molecule has 6 heteroatoms. The standard InChI is InChI=1S/C17H13BrN2O3/c1-23-16-7-2-11(9-15(16)21)8-12(10-19)17(22)20-14-5-3-13(18)4-6-14/h2-9,21H,1H3,(H,20,22)/b12-8-. The molecule has 2 aromatic carbocycles. The number of phenolic OH excluding ortho intramolecular Hbond substituents is 1. The molecular formula is C17H13BrN2O3. The molecule has 0 heterocycles. The fraction of sp³-hybridized carbons (Fsp3) is 0.0588. The van der Waals surface area contributed by atoms with E-state index in [1.54, 1.807) is 36.4 Å². The molecule has 5 nitrogen and oxygen atoms in total. The molecule has 0 saturated heterocycles. The monoisotopic (exact) mass is 372 g/mol. The first kappa shape index (κ1) is 16.6. The first-order valence-electron chi connectivity index (χ1n) is 6.59. The fourth-order valence-corrected chi connectivity index (χ4v) is 2.11. The van der Waals surface area contributed by atoms with Gasteiger partial charge in [-0.25, -0.2) is 0 Å². The summed E-state index contributed by atoms with van der Waals surface area (Å²) in [5.74, 6) is -0.267. The predicted molar refractivity (Wildman–Crippen MR) is 91.0 cm³/mol. The topological polar surface area (TPSA) is 82.3 Å².